The van der Waals surface area contributed by atoms with E-state index in [4.69, 9.17) is 5.73 Å². The van der Waals surface area contributed by atoms with E-state index >= 15 is 0 Å². The molecule has 3 N–H and O–H groups in total. The van der Waals surface area contributed by atoms with Gasteiger partial charge in [0.1, 0.15) is 5.78 Å². The fourth-order valence-electron chi connectivity index (χ4n) is 2.36. The average Bonchev–Trinajstić information content (AvgIpc) is 2.99. The van der Waals surface area contributed by atoms with E-state index < -0.39 is 0 Å². The lowest BCUT2D eigenvalue weighted by Crippen LogP contribution is -2.24. The number of rotatable bonds is 9. The molecule has 0 unspecified atom stereocenters. The van der Waals surface area contributed by atoms with E-state index in [1.807, 2.05) is 36.6 Å². The molecule has 2 rings (SSSR count). The summed E-state index contributed by atoms with van der Waals surface area (Å²) < 4.78 is 0. The van der Waals surface area contributed by atoms with Crippen molar-refractivity contribution in [3.8, 4) is 0 Å². The molecule has 0 aliphatic rings. The zero-order valence-corrected chi connectivity index (χ0v) is 14.7. The number of hydrogen-bond acceptors (Lipinski definition) is 5. The molecule has 0 atom stereocenters. The van der Waals surface area contributed by atoms with Crippen molar-refractivity contribution in [3.63, 3.8) is 0 Å². The van der Waals surface area contributed by atoms with Gasteiger partial charge in [0.05, 0.1) is 0 Å². The Labute approximate surface area is 146 Å². The minimum absolute atomic E-state index is 0.122. The van der Waals surface area contributed by atoms with Gasteiger partial charge in [-0.15, -0.1) is 11.3 Å². The molecule has 6 heteroatoms. The molecular formula is C18H23N3O2S. The molecule has 1 aromatic heterocycles. The third-order valence-corrected chi connectivity index (χ3v) is 4.63. The number of ketones is 1. The highest BCUT2D eigenvalue weighted by molar-refractivity contribution is 7.11. The molecular weight excluding hydrogens is 322 g/mol. The smallest absolute Gasteiger partial charge is 0.280 e. The van der Waals surface area contributed by atoms with E-state index in [1.54, 1.807) is 0 Å². The Kier molecular flexibility index (Phi) is 6.93. The zero-order valence-electron chi connectivity index (χ0n) is 13.9. The van der Waals surface area contributed by atoms with Crippen LogP contribution in [-0.4, -0.2) is 23.2 Å². The van der Waals surface area contributed by atoms with E-state index in [9.17, 15) is 9.59 Å². The highest BCUT2D eigenvalue weighted by Crippen LogP contribution is 2.13. The Morgan fingerprint density at radius 1 is 1.21 bits per heavy atom. The van der Waals surface area contributed by atoms with E-state index in [1.165, 1.54) is 11.3 Å². The second-order valence-corrected chi connectivity index (χ2v) is 6.63. The summed E-state index contributed by atoms with van der Waals surface area (Å²) in [6, 6.07) is 7.47. The molecule has 1 heterocycles. The van der Waals surface area contributed by atoms with Gasteiger partial charge in [0, 0.05) is 36.1 Å². The normalized spacial score (nSPS) is 10.5. The molecule has 128 valence electrons. The Morgan fingerprint density at radius 2 is 2.00 bits per heavy atom. The molecule has 0 aliphatic carbocycles. The van der Waals surface area contributed by atoms with Crippen molar-refractivity contribution in [3.05, 3.63) is 45.9 Å². The van der Waals surface area contributed by atoms with Gasteiger partial charge in [-0.1, -0.05) is 24.6 Å². The summed E-state index contributed by atoms with van der Waals surface area (Å²) in [6.07, 6.45) is 3.54. The molecule has 1 amide bonds. The van der Waals surface area contributed by atoms with Crippen molar-refractivity contribution in [1.29, 1.82) is 0 Å². The van der Waals surface area contributed by atoms with Crippen molar-refractivity contribution < 1.29 is 9.59 Å². The van der Waals surface area contributed by atoms with Crippen LogP contribution in [0.15, 0.2) is 29.6 Å². The van der Waals surface area contributed by atoms with Gasteiger partial charge in [-0.2, -0.15) is 0 Å². The first-order chi connectivity index (χ1) is 11.6. The van der Waals surface area contributed by atoms with E-state index in [-0.39, 0.29) is 11.7 Å². The van der Waals surface area contributed by atoms with Crippen LogP contribution in [0.1, 0.15) is 46.7 Å². The van der Waals surface area contributed by atoms with Crippen LogP contribution >= 0.6 is 11.3 Å². The lowest BCUT2D eigenvalue weighted by Gasteiger charge is -2.05. The minimum atomic E-state index is -0.122. The maximum absolute atomic E-state index is 12.0. The van der Waals surface area contributed by atoms with Crippen LogP contribution in [-0.2, 0) is 11.2 Å². The molecule has 0 saturated carbocycles. The summed E-state index contributed by atoms with van der Waals surface area (Å²) >= 11 is 1.35. The molecule has 0 spiro atoms. The van der Waals surface area contributed by atoms with Gasteiger partial charge in [0.15, 0.2) is 5.01 Å². The maximum atomic E-state index is 12.0. The molecule has 5 nitrogen and oxygen atoms in total. The minimum Gasteiger partial charge on any atom is -0.398 e. The summed E-state index contributed by atoms with van der Waals surface area (Å²) in [5, 5.41) is 5.22. The van der Waals surface area contributed by atoms with Crippen LogP contribution in [0.3, 0.4) is 0 Å². The SMILES string of the molecule is Cc1csc(C(=O)NCCCCCC(=O)Cc2ccccc2N)n1. The molecule has 0 radical (unpaired) electrons. The van der Waals surface area contributed by atoms with Crippen LogP contribution in [0.25, 0.3) is 0 Å². The summed E-state index contributed by atoms with van der Waals surface area (Å²) in [5.41, 5.74) is 8.28. The van der Waals surface area contributed by atoms with Gasteiger partial charge < -0.3 is 11.1 Å². The number of anilines is 1. The number of aromatic nitrogens is 1. The van der Waals surface area contributed by atoms with E-state index in [2.05, 4.69) is 10.3 Å². The number of nitrogens with one attached hydrogen (secondary N) is 1. The first-order valence-corrected chi connectivity index (χ1v) is 8.99. The van der Waals surface area contributed by atoms with Crippen molar-refractivity contribution in [2.75, 3.05) is 12.3 Å². The van der Waals surface area contributed by atoms with Gasteiger partial charge in [0.25, 0.3) is 5.91 Å². The first kappa shape index (κ1) is 18.1. The highest BCUT2D eigenvalue weighted by atomic mass is 32.1. The number of nitrogen functional groups attached to an aromatic ring is 1. The average molecular weight is 345 g/mol. The molecule has 0 fully saturated rings. The maximum Gasteiger partial charge on any atom is 0.280 e. The lowest BCUT2D eigenvalue weighted by atomic mass is 10.0. The predicted octanol–water partition coefficient (Wildman–Crippen LogP) is 3.14. The number of thiazole rings is 1. The number of unbranched alkanes of at least 4 members (excludes halogenated alkanes) is 2. The number of hydrogen-bond donors (Lipinski definition) is 2. The third-order valence-electron chi connectivity index (χ3n) is 3.67. The van der Waals surface area contributed by atoms with Crippen LogP contribution in [0.2, 0.25) is 0 Å². The van der Waals surface area contributed by atoms with Crippen LogP contribution in [0.4, 0.5) is 5.69 Å². The van der Waals surface area contributed by atoms with Crippen LogP contribution < -0.4 is 11.1 Å². The van der Waals surface area contributed by atoms with Crippen molar-refractivity contribution in [2.24, 2.45) is 0 Å². The summed E-state index contributed by atoms with van der Waals surface area (Å²) in [5.74, 6) is 0.0823. The molecule has 0 bridgehead atoms. The Hall–Kier alpha value is -2.21. The number of aryl methyl sites for hydroxylation is 1. The lowest BCUT2D eigenvalue weighted by molar-refractivity contribution is -0.118. The van der Waals surface area contributed by atoms with Crippen molar-refractivity contribution >= 4 is 28.7 Å². The molecule has 2 aromatic rings. The Bertz CT molecular complexity index is 697. The quantitative estimate of drug-likeness (QED) is 0.540. The van der Waals surface area contributed by atoms with Crippen molar-refractivity contribution in [2.45, 2.75) is 39.0 Å². The number of Topliss-reactive ketones (excluding diaryl/α,β-unsaturated/α-hetero) is 1. The second kappa shape index (κ2) is 9.17. The standard InChI is InChI=1S/C18H23N3O2S/c1-13-12-24-18(21-13)17(23)20-10-6-2-3-8-15(22)11-14-7-4-5-9-16(14)19/h4-5,7,9,12H,2-3,6,8,10-11,19H2,1H3,(H,20,23). The number of amides is 1. The van der Waals surface area contributed by atoms with Gasteiger partial charge in [-0.25, -0.2) is 4.98 Å². The predicted molar refractivity (Wildman–Crippen MR) is 97.2 cm³/mol. The Morgan fingerprint density at radius 3 is 2.71 bits per heavy atom. The van der Waals surface area contributed by atoms with E-state index in [0.717, 1.165) is 30.5 Å². The van der Waals surface area contributed by atoms with Crippen molar-refractivity contribution in [1.82, 2.24) is 10.3 Å². The van der Waals surface area contributed by atoms with Crippen LogP contribution in [0, 0.1) is 6.92 Å². The molecule has 24 heavy (non-hydrogen) atoms. The third kappa shape index (κ3) is 5.77. The number of nitrogens with zero attached hydrogens (tertiary/aromatic N) is 1. The van der Waals surface area contributed by atoms with Crippen LogP contribution in [0.5, 0.6) is 0 Å². The zero-order chi connectivity index (χ0) is 17.4. The number of benzene rings is 1. The topological polar surface area (TPSA) is 85.1 Å². The number of para-hydroxylation sites is 1. The van der Waals surface area contributed by atoms with Gasteiger partial charge >= 0.3 is 0 Å². The Balaban J connectivity index is 1.57. The summed E-state index contributed by atoms with van der Waals surface area (Å²) in [7, 11) is 0. The monoisotopic (exact) mass is 345 g/mol. The first-order valence-electron chi connectivity index (χ1n) is 8.11. The molecule has 0 saturated heterocycles. The number of carbonyl (C=O) groups is 2. The second-order valence-electron chi connectivity index (χ2n) is 5.77. The van der Waals surface area contributed by atoms with Gasteiger partial charge in [-0.3, -0.25) is 9.59 Å². The van der Waals surface area contributed by atoms with Gasteiger partial charge in [-0.05, 0) is 31.4 Å². The van der Waals surface area contributed by atoms with Gasteiger partial charge in [0.2, 0.25) is 0 Å². The van der Waals surface area contributed by atoms with E-state index in [0.29, 0.717) is 30.1 Å². The summed E-state index contributed by atoms with van der Waals surface area (Å²) in [4.78, 5) is 27.9. The summed E-state index contributed by atoms with van der Waals surface area (Å²) in [6.45, 7) is 2.48. The fourth-order valence-corrected chi connectivity index (χ4v) is 3.07. The fraction of sp³-hybridized carbons (Fsp3) is 0.389. The molecule has 1 aromatic carbocycles. The number of carbonyl (C=O) groups excluding carboxylic acids is 2. The highest BCUT2D eigenvalue weighted by Gasteiger charge is 2.09. The molecule has 0 aliphatic heterocycles. The number of nitrogens with two attached hydrogens (primary N) is 1. The largest absolute Gasteiger partial charge is 0.398 e.